The fourth-order valence-corrected chi connectivity index (χ4v) is 2.73. The summed E-state index contributed by atoms with van der Waals surface area (Å²) in [6, 6.07) is 3.62. The standard InChI is InChI=1S/C17H23N5O3/c1-12-3-4-13(9-18-12)25-15-7-8-24-10-14(15)20-17(23)6-5-16-21-19-11-22(16)2/h3-4,9,11,14-15H,5-8,10H2,1-2H3,(H,20,23)/t14-,15+/m1/s1. The molecule has 0 bridgehead atoms. The molecule has 0 unspecified atom stereocenters. The molecule has 1 saturated heterocycles. The van der Waals surface area contributed by atoms with Gasteiger partial charge in [0.25, 0.3) is 0 Å². The maximum atomic E-state index is 12.3. The van der Waals surface area contributed by atoms with Crippen molar-refractivity contribution >= 4 is 5.91 Å². The van der Waals surface area contributed by atoms with Gasteiger partial charge in [0.05, 0.1) is 25.5 Å². The third kappa shape index (κ3) is 4.76. The van der Waals surface area contributed by atoms with Crippen molar-refractivity contribution in [1.29, 1.82) is 0 Å². The highest BCUT2D eigenvalue weighted by molar-refractivity contribution is 5.76. The summed E-state index contributed by atoms with van der Waals surface area (Å²) < 4.78 is 13.3. The third-order valence-electron chi connectivity index (χ3n) is 4.19. The number of nitrogens with one attached hydrogen (secondary N) is 1. The molecule has 2 aromatic rings. The van der Waals surface area contributed by atoms with Gasteiger partial charge >= 0.3 is 0 Å². The van der Waals surface area contributed by atoms with Crippen molar-refractivity contribution in [3.05, 3.63) is 36.2 Å². The molecule has 3 rings (SSSR count). The summed E-state index contributed by atoms with van der Waals surface area (Å²) in [6.45, 7) is 2.99. The van der Waals surface area contributed by atoms with Crippen LogP contribution >= 0.6 is 0 Å². The average Bonchev–Trinajstić information content (AvgIpc) is 3.02. The second-order valence-electron chi connectivity index (χ2n) is 6.19. The second-order valence-corrected chi connectivity index (χ2v) is 6.19. The Kier molecular flexibility index (Phi) is 5.60. The largest absolute Gasteiger partial charge is 0.486 e. The van der Waals surface area contributed by atoms with Gasteiger partial charge < -0.3 is 19.4 Å². The number of rotatable bonds is 6. The fraction of sp³-hybridized carbons (Fsp3) is 0.529. The van der Waals surface area contributed by atoms with E-state index in [1.54, 1.807) is 12.5 Å². The first-order valence-corrected chi connectivity index (χ1v) is 8.41. The Morgan fingerprint density at radius 1 is 1.48 bits per heavy atom. The van der Waals surface area contributed by atoms with E-state index in [0.717, 1.165) is 17.9 Å². The zero-order chi connectivity index (χ0) is 17.6. The van der Waals surface area contributed by atoms with Crippen molar-refractivity contribution in [2.45, 2.75) is 38.3 Å². The molecule has 8 nitrogen and oxygen atoms in total. The third-order valence-corrected chi connectivity index (χ3v) is 4.19. The van der Waals surface area contributed by atoms with Crippen LogP contribution in [0.15, 0.2) is 24.7 Å². The van der Waals surface area contributed by atoms with Crippen molar-refractivity contribution in [1.82, 2.24) is 25.1 Å². The van der Waals surface area contributed by atoms with Gasteiger partial charge in [-0.2, -0.15) is 0 Å². The van der Waals surface area contributed by atoms with Crippen molar-refractivity contribution in [2.24, 2.45) is 7.05 Å². The SMILES string of the molecule is Cc1ccc(O[C@H]2CCOC[C@H]2NC(=O)CCc2nncn2C)cn1. The van der Waals surface area contributed by atoms with E-state index >= 15 is 0 Å². The summed E-state index contributed by atoms with van der Waals surface area (Å²) in [5, 5.41) is 10.8. The quantitative estimate of drug-likeness (QED) is 0.833. The highest BCUT2D eigenvalue weighted by atomic mass is 16.5. The number of amides is 1. The molecule has 134 valence electrons. The molecule has 2 aromatic heterocycles. The molecule has 1 amide bonds. The van der Waals surface area contributed by atoms with E-state index in [9.17, 15) is 4.79 Å². The van der Waals surface area contributed by atoms with E-state index in [1.807, 2.05) is 30.7 Å². The van der Waals surface area contributed by atoms with Crippen LogP contribution in [0.3, 0.4) is 0 Å². The van der Waals surface area contributed by atoms with Gasteiger partial charge in [0, 0.05) is 32.0 Å². The van der Waals surface area contributed by atoms with Crippen LogP contribution in [0, 0.1) is 6.92 Å². The summed E-state index contributed by atoms with van der Waals surface area (Å²) in [7, 11) is 1.86. The Morgan fingerprint density at radius 2 is 2.36 bits per heavy atom. The van der Waals surface area contributed by atoms with E-state index in [2.05, 4.69) is 20.5 Å². The summed E-state index contributed by atoms with van der Waals surface area (Å²) >= 11 is 0. The maximum Gasteiger partial charge on any atom is 0.220 e. The molecule has 25 heavy (non-hydrogen) atoms. The van der Waals surface area contributed by atoms with Crippen LogP contribution in [0.1, 0.15) is 24.4 Å². The van der Waals surface area contributed by atoms with Gasteiger partial charge in [0.1, 0.15) is 24.0 Å². The van der Waals surface area contributed by atoms with Crippen LogP contribution < -0.4 is 10.1 Å². The molecule has 0 aliphatic carbocycles. The lowest BCUT2D eigenvalue weighted by molar-refractivity contribution is -0.124. The van der Waals surface area contributed by atoms with Crippen LogP contribution in [0.25, 0.3) is 0 Å². The highest BCUT2D eigenvalue weighted by Crippen LogP contribution is 2.18. The van der Waals surface area contributed by atoms with Crippen molar-refractivity contribution < 1.29 is 14.3 Å². The molecule has 1 aliphatic rings. The number of pyridine rings is 1. The monoisotopic (exact) mass is 345 g/mol. The number of carbonyl (C=O) groups is 1. The van der Waals surface area contributed by atoms with E-state index in [1.165, 1.54) is 0 Å². The molecule has 3 heterocycles. The second kappa shape index (κ2) is 8.06. The molecule has 1 aliphatic heterocycles. The number of hydrogen-bond acceptors (Lipinski definition) is 6. The van der Waals surface area contributed by atoms with Crippen LogP contribution in [-0.2, 0) is 23.0 Å². The Bertz CT molecular complexity index is 701. The molecule has 0 spiro atoms. The van der Waals surface area contributed by atoms with Crippen molar-refractivity contribution in [2.75, 3.05) is 13.2 Å². The maximum absolute atomic E-state index is 12.3. The summed E-state index contributed by atoms with van der Waals surface area (Å²) in [4.78, 5) is 16.5. The number of hydrogen-bond donors (Lipinski definition) is 1. The van der Waals surface area contributed by atoms with Gasteiger partial charge in [-0.3, -0.25) is 9.78 Å². The van der Waals surface area contributed by atoms with Gasteiger partial charge in [-0.05, 0) is 19.1 Å². The molecule has 0 aromatic carbocycles. The lowest BCUT2D eigenvalue weighted by Crippen LogP contribution is -2.51. The number of ether oxygens (including phenoxy) is 2. The summed E-state index contributed by atoms with van der Waals surface area (Å²) in [6.07, 6.45) is 4.82. The van der Waals surface area contributed by atoms with Crippen LogP contribution in [0.5, 0.6) is 5.75 Å². The van der Waals surface area contributed by atoms with E-state index in [-0.39, 0.29) is 18.1 Å². The minimum Gasteiger partial charge on any atom is -0.486 e. The molecule has 0 saturated carbocycles. The molecular formula is C17H23N5O3. The summed E-state index contributed by atoms with van der Waals surface area (Å²) in [5.41, 5.74) is 0.938. The number of aromatic nitrogens is 4. The van der Waals surface area contributed by atoms with Crippen LogP contribution in [0.4, 0.5) is 0 Å². The molecular weight excluding hydrogens is 322 g/mol. The van der Waals surface area contributed by atoms with Gasteiger partial charge in [0.2, 0.25) is 5.91 Å². The van der Waals surface area contributed by atoms with E-state index < -0.39 is 0 Å². The molecule has 1 N–H and O–H groups in total. The van der Waals surface area contributed by atoms with Crippen LogP contribution in [0.2, 0.25) is 0 Å². The number of aryl methyl sites for hydroxylation is 3. The Hall–Kier alpha value is -2.48. The normalized spacial score (nSPS) is 20.2. The Balaban J connectivity index is 1.54. The first-order valence-electron chi connectivity index (χ1n) is 8.41. The zero-order valence-electron chi connectivity index (χ0n) is 14.5. The molecule has 8 heteroatoms. The smallest absolute Gasteiger partial charge is 0.220 e. The fourth-order valence-electron chi connectivity index (χ4n) is 2.73. The molecule has 2 atom stereocenters. The van der Waals surface area contributed by atoms with Gasteiger partial charge in [-0.25, -0.2) is 0 Å². The van der Waals surface area contributed by atoms with Crippen LogP contribution in [-0.4, -0.2) is 51.0 Å². The summed E-state index contributed by atoms with van der Waals surface area (Å²) in [5.74, 6) is 1.44. The average molecular weight is 345 g/mol. The number of carbonyl (C=O) groups excluding carboxylic acids is 1. The lowest BCUT2D eigenvalue weighted by Gasteiger charge is -2.32. The first-order chi connectivity index (χ1) is 12.1. The van der Waals surface area contributed by atoms with E-state index in [4.69, 9.17) is 9.47 Å². The van der Waals surface area contributed by atoms with Gasteiger partial charge in [-0.15, -0.1) is 10.2 Å². The predicted molar refractivity (Wildman–Crippen MR) is 90.1 cm³/mol. The topological polar surface area (TPSA) is 91.2 Å². The molecule has 1 fully saturated rings. The molecule has 0 radical (unpaired) electrons. The van der Waals surface area contributed by atoms with Gasteiger partial charge in [-0.1, -0.05) is 0 Å². The van der Waals surface area contributed by atoms with Crippen molar-refractivity contribution in [3.8, 4) is 5.75 Å². The van der Waals surface area contributed by atoms with E-state index in [0.29, 0.717) is 31.8 Å². The highest BCUT2D eigenvalue weighted by Gasteiger charge is 2.29. The van der Waals surface area contributed by atoms with Crippen molar-refractivity contribution in [3.63, 3.8) is 0 Å². The first kappa shape index (κ1) is 17.3. The zero-order valence-corrected chi connectivity index (χ0v) is 14.5. The minimum absolute atomic E-state index is 0.0471. The number of nitrogens with zero attached hydrogens (tertiary/aromatic N) is 4. The predicted octanol–water partition coefficient (Wildman–Crippen LogP) is 0.804. The lowest BCUT2D eigenvalue weighted by atomic mass is 10.1. The van der Waals surface area contributed by atoms with Gasteiger partial charge in [0.15, 0.2) is 0 Å². The Labute approximate surface area is 146 Å². The Morgan fingerprint density at radius 3 is 3.08 bits per heavy atom. The minimum atomic E-state index is -0.179.